The van der Waals surface area contributed by atoms with Gasteiger partial charge in [-0.2, -0.15) is 0 Å². The Morgan fingerprint density at radius 3 is 2.22 bits per heavy atom. The summed E-state index contributed by atoms with van der Waals surface area (Å²) in [6.45, 7) is 9.50. The third kappa shape index (κ3) is 6.25. The average molecular weight is 252 g/mol. The largest absolute Gasteiger partial charge is 0.0654 e. The van der Waals surface area contributed by atoms with Crippen LogP contribution in [-0.2, 0) is 0 Å². The number of unbranched alkanes of at least 4 members (excludes halogenated alkanes) is 3. The van der Waals surface area contributed by atoms with E-state index in [1.54, 1.807) is 12.8 Å². The van der Waals surface area contributed by atoms with E-state index in [2.05, 4.69) is 27.7 Å². The van der Waals surface area contributed by atoms with Crippen LogP contribution in [0.3, 0.4) is 0 Å². The van der Waals surface area contributed by atoms with Gasteiger partial charge in [0.25, 0.3) is 0 Å². The lowest BCUT2D eigenvalue weighted by atomic mass is 9.66. The molecule has 108 valence electrons. The van der Waals surface area contributed by atoms with E-state index in [1.165, 1.54) is 51.4 Å². The second-order valence-electron chi connectivity index (χ2n) is 7.25. The molecule has 1 unspecified atom stereocenters. The highest BCUT2D eigenvalue weighted by atomic mass is 14.4. The molecule has 1 aliphatic rings. The smallest absolute Gasteiger partial charge is 0.0383 e. The standard InChI is InChI=1S/C18H36/c1-5-6-7-8-11-16(4)18-13-17(14-18)12-9-10-15(2)3/h15-18H,5-14H2,1-4H3. The maximum atomic E-state index is 2.50. The molecule has 0 nitrogen and oxygen atoms in total. The van der Waals surface area contributed by atoms with Gasteiger partial charge in [0.2, 0.25) is 0 Å². The van der Waals surface area contributed by atoms with Gasteiger partial charge in [-0.3, -0.25) is 0 Å². The first kappa shape index (κ1) is 16.1. The van der Waals surface area contributed by atoms with Gasteiger partial charge in [0.05, 0.1) is 0 Å². The Bertz CT molecular complexity index is 188. The molecule has 0 aromatic heterocycles. The van der Waals surface area contributed by atoms with Gasteiger partial charge in [-0.1, -0.05) is 79.1 Å². The summed E-state index contributed by atoms with van der Waals surface area (Å²) in [4.78, 5) is 0. The third-order valence-electron chi connectivity index (χ3n) is 4.98. The van der Waals surface area contributed by atoms with Gasteiger partial charge in [-0.25, -0.2) is 0 Å². The number of hydrogen-bond acceptors (Lipinski definition) is 0. The lowest BCUT2D eigenvalue weighted by Gasteiger charge is -2.39. The molecule has 0 heteroatoms. The van der Waals surface area contributed by atoms with Crippen molar-refractivity contribution < 1.29 is 0 Å². The molecule has 0 N–H and O–H groups in total. The topological polar surface area (TPSA) is 0 Å². The van der Waals surface area contributed by atoms with E-state index in [0.717, 1.165) is 23.7 Å². The van der Waals surface area contributed by atoms with Crippen molar-refractivity contribution in [2.45, 2.75) is 91.9 Å². The van der Waals surface area contributed by atoms with Crippen LogP contribution in [0.5, 0.6) is 0 Å². The lowest BCUT2D eigenvalue weighted by Crippen LogP contribution is -2.29. The molecule has 0 spiro atoms. The normalized spacial score (nSPS) is 25.2. The Morgan fingerprint density at radius 2 is 1.61 bits per heavy atom. The van der Waals surface area contributed by atoms with Gasteiger partial charge < -0.3 is 0 Å². The molecule has 0 heterocycles. The molecule has 1 atom stereocenters. The predicted molar refractivity (Wildman–Crippen MR) is 82.8 cm³/mol. The van der Waals surface area contributed by atoms with Gasteiger partial charge in [0, 0.05) is 0 Å². The van der Waals surface area contributed by atoms with Crippen molar-refractivity contribution in [3.63, 3.8) is 0 Å². The van der Waals surface area contributed by atoms with Gasteiger partial charge in [0.15, 0.2) is 0 Å². The molecule has 1 fully saturated rings. The van der Waals surface area contributed by atoms with Crippen LogP contribution in [0, 0.1) is 23.7 Å². The minimum atomic E-state index is 0.901. The molecule has 0 radical (unpaired) electrons. The van der Waals surface area contributed by atoms with Crippen LogP contribution in [0.25, 0.3) is 0 Å². The molecule has 0 saturated heterocycles. The maximum Gasteiger partial charge on any atom is -0.0383 e. The summed E-state index contributed by atoms with van der Waals surface area (Å²) in [6.07, 6.45) is 14.8. The second-order valence-corrected chi connectivity index (χ2v) is 7.25. The van der Waals surface area contributed by atoms with E-state index in [9.17, 15) is 0 Å². The lowest BCUT2D eigenvalue weighted by molar-refractivity contribution is 0.115. The molecule has 18 heavy (non-hydrogen) atoms. The molecule has 0 amide bonds. The van der Waals surface area contributed by atoms with Crippen molar-refractivity contribution >= 4 is 0 Å². The van der Waals surface area contributed by atoms with Crippen molar-refractivity contribution in [1.82, 2.24) is 0 Å². The monoisotopic (exact) mass is 252 g/mol. The van der Waals surface area contributed by atoms with E-state index in [-0.39, 0.29) is 0 Å². The summed E-state index contributed by atoms with van der Waals surface area (Å²) in [6, 6.07) is 0. The zero-order valence-corrected chi connectivity index (χ0v) is 13.4. The molecule has 1 aliphatic carbocycles. The van der Waals surface area contributed by atoms with Crippen LogP contribution in [0.15, 0.2) is 0 Å². The van der Waals surface area contributed by atoms with Crippen LogP contribution >= 0.6 is 0 Å². The summed E-state index contributed by atoms with van der Waals surface area (Å²) in [7, 11) is 0. The van der Waals surface area contributed by atoms with Crippen molar-refractivity contribution in [2.75, 3.05) is 0 Å². The van der Waals surface area contributed by atoms with Gasteiger partial charge in [-0.15, -0.1) is 0 Å². The van der Waals surface area contributed by atoms with Crippen molar-refractivity contribution in [3.8, 4) is 0 Å². The first-order valence-electron chi connectivity index (χ1n) is 8.63. The SMILES string of the molecule is CCCCCCC(C)C1CC(CCCC(C)C)C1. The minimum absolute atomic E-state index is 0.901. The fourth-order valence-electron chi connectivity index (χ4n) is 3.43. The fourth-order valence-corrected chi connectivity index (χ4v) is 3.43. The van der Waals surface area contributed by atoms with Crippen molar-refractivity contribution in [2.24, 2.45) is 23.7 Å². The molecule has 0 aliphatic heterocycles. The highest BCUT2D eigenvalue weighted by Gasteiger charge is 2.31. The minimum Gasteiger partial charge on any atom is -0.0654 e. The van der Waals surface area contributed by atoms with Gasteiger partial charge in [-0.05, 0) is 36.5 Å². The van der Waals surface area contributed by atoms with Crippen LogP contribution in [-0.4, -0.2) is 0 Å². The van der Waals surface area contributed by atoms with E-state index in [4.69, 9.17) is 0 Å². The average Bonchev–Trinajstić information content (AvgIpc) is 2.27. The summed E-state index contributed by atoms with van der Waals surface area (Å²) >= 11 is 0. The molecule has 0 aromatic carbocycles. The van der Waals surface area contributed by atoms with Crippen LogP contribution in [0.1, 0.15) is 91.9 Å². The number of hydrogen-bond donors (Lipinski definition) is 0. The summed E-state index contributed by atoms with van der Waals surface area (Å²) in [5.41, 5.74) is 0. The fraction of sp³-hybridized carbons (Fsp3) is 1.00. The molecular formula is C18H36. The van der Waals surface area contributed by atoms with E-state index >= 15 is 0 Å². The Morgan fingerprint density at radius 1 is 0.889 bits per heavy atom. The summed E-state index contributed by atoms with van der Waals surface area (Å²) in [5, 5.41) is 0. The second kappa shape index (κ2) is 8.99. The molecule has 0 bridgehead atoms. The van der Waals surface area contributed by atoms with Gasteiger partial charge >= 0.3 is 0 Å². The first-order chi connectivity index (χ1) is 8.63. The Balaban J connectivity index is 1.96. The number of rotatable bonds is 10. The first-order valence-corrected chi connectivity index (χ1v) is 8.63. The third-order valence-corrected chi connectivity index (χ3v) is 4.98. The highest BCUT2D eigenvalue weighted by Crippen LogP contribution is 2.43. The van der Waals surface area contributed by atoms with E-state index < -0.39 is 0 Å². The highest BCUT2D eigenvalue weighted by molar-refractivity contribution is 4.82. The van der Waals surface area contributed by atoms with E-state index in [0.29, 0.717) is 0 Å². The summed E-state index contributed by atoms with van der Waals surface area (Å²) in [5.74, 6) is 4.07. The zero-order chi connectivity index (χ0) is 13.4. The molecule has 0 aromatic rings. The summed E-state index contributed by atoms with van der Waals surface area (Å²) < 4.78 is 0. The van der Waals surface area contributed by atoms with E-state index in [1.807, 2.05) is 0 Å². The van der Waals surface area contributed by atoms with Crippen LogP contribution in [0.2, 0.25) is 0 Å². The van der Waals surface area contributed by atoms with Gasteiger partial charge in [0.1, 0.15) is 0 Å². The van der Waals surface area contributed by atoms with Crippen molar-refractivity contribution in [3.05, 3.63) is 0 Å². The molecule has 1 saturated carbocycles. The zero-order valence-electron chi connectivity index (χ0n) is 13.4. The van der Waals surface area contributed by atoms with Crippen LogP contribution in [0.4, 0.5) is 0 Å². The van der Waals surface area contributed by atoms with Crippen LogP contribution < -0.4 is 0 Å². The maximum absolute atomic E-state index is 2.50. The quantitative estimate of drug-likeness (QED) is 0.392. The van der Waals surface area contributed by atoms with Crippen molar-refractivity contribution in [1.29, 1.82) is 0 Å². The molecule has 1 rings (SSSR count). The molecular weight excluding hydrogens is 216 g/mol. The Hall–Kier alpha value is 0. The Kier molecular flexibility index (Phi) is 8.02. The Labute approximate surface area is 116 Å². The predicted octanol–water partition coefficient (Wildman–Crippen LogP) is 6.45.